The van der Waals surface area contributed by atoms with Gasteiger partial charge in [-0.1, -0.05) is 54.6 Å². The molecule has 2 aromatic heterocycles. The Morgan fingerprint density at radius 3 is 2.62 bits per heavy atom. The number of aromatic amines is 1. The maximum atomic E-state index is 5.24. The highest BCUT2D eigenvalue weighted by atomic mass is 16.5. The summed E-state index contributed by atoms with van der Waals surface area (Å²) in [5, 5.41) is 4.72. The predicted molar refractivity (Wildman–Crippen MR) is 105 cm³/mol. The summed E-state index contributed by atoms with van der Waals surface area (Å²) in [5.41, 5.74) is 3.46. The fourth-order valence-corrected chi connectivity index (χ4v) is 3.06. The summed E-state index contributed by atoms with van der Waals surface area (Å²) < 4.78 is 5.24. The van der Waals surface area contributed by atoms with Crippen LogP contribution in [0.4, 0.5) is 5.82 Å². The first-order chi connectivity index (χ1) is 12.8. The molecule has 0 saturated carbocycles. The number of anilines is 1. The van der Waals surface area contributed by atoms with Crippen LogP contribution >= 0.6 is 0 Å². The second-order valence-electron chi connectivity index (χ2n) is 6.05. The van der Waals surface area contributed by atoms with Crippen molar-refractivity contribution in [2.45, 2.75) is 6.04 Å². The highest BCUT2D eigenvalue weighted by molar-refractivity contribution is 5.84. The Hall–Kier alpha value is -3.27. The van der Waals surface area contributed by atoms with Crippen molar-refractivity contribution in [2.75, 3.05) is 12.4 Å². The van der Waals surface area contributed by atoms with Gasteiger partial charge in [0.05, 0.1) is 13.2 Å². The molecule has 2 N–H and O–H groups in total. The topological polar surface area (TPSA) is 49.9 Å². The van der Waals surface area contributed by atoms with E-state index in [1.807, 2.05) is 48.7 Å². The van der Waals surface area contributed by atoms with E-state index in [2.05, 4.69) is 52.0 Å². The van der Waals surface area contributed by atoms with Gasteiger partial charge < -0.3 is 15.0 Å². The molecule has 4 heteroatoms. The monoisotopic (exact) mass is 342 g/mol. The molecule has 0 bridgehead atoms. The minimum atomic E-state index is -0.0185. The van der Waals surface area contributed by atoms with E-state index in [4.69, 9.17) is 4.74 Å². The van der Waals surface area contributed by atoms with E-state index in [1.165, 1.54) is 10.9 Å². The van der Waals surface area contributed by atoms with Gasteiger partial charge in [0.25, 0.3) is 0 Å². The summed E-state index contributed by atoms with van der Waals surface area (Å²) in [6.45, 7) is 0. The standard InChI is InChI=1S/C22H20N3O/c1-26-22-13-7-12-21(25-22)24-20(16-8-3-2-4-9-16)14-17-15-23-19-11-6-5-10-18(17)19/h2-15,20,23H,1H3,(H,24,25). The molecule has 0 saturated heterocycles. The van der Waals surface area contributed by atoms with Crippen LogP contribution in [0.3, 0.4) is 0 Å². The van der Waals surface area contributed by atoms with Gasteiger partial charge in [0, 0.05) is 29.6 Å². The normalized spacial score (nSPS) is 12.0. The number of pyridine rings is 1. The zero-order valence-electron chi connectivity index (χ0n) is 14.5. The predicted octanol–water partition coefficient (Wildman–Crippen LogP) is 4.98. The van der Waals surface area contributed by atoms with E-state index >= 15 is 0 Å². The fourth-order valence-electron chi connectivity index (χ4n) is 3.06. The summed E-state index contributed by atoms with van der Waals surface area (Å²) in [5.74, 6) is 1.36. The summed E-state index contributed by atoms with van der Waals surface area (Å²) in [6, 6.07) is 24.4. The Kier molecular flexibility index (Phi) is 4.56. The summed E-state index contributed by atoms with van der Waals surface area (Å²) in [4.78, 5) is 7.82. The average molecular weight is 342 g/mol. The lowest BCUT2D eigenvalue weighted by Crippen LogP contribution is -2.13. The summed E-state index contributed by atoms with van der Waals surface area (Å²) in [6.07, 6.45) is 4.26. The lowest BCUT2D eigenvalue weighted by atomic mass is 9.98. The third-order valence-corrected chi connectivity index (χ3v) is 4.36. The molecule has 0 aliphatic rings. The molecule has 0 amide bonds. The Morgan fingerprint density at radius 1 is 0.962 bits per heavy atom. The van der Waals surface area contributed by atoms with E-state index in [9.17, 15) is 0 Å². The number of nitrogens with zero attached hydrogens (tertiary/aromatic N) is 1. The second kappa shape index (κ2) is 7.31. The van der Waals surface area contributed by atoms with Gasteiger partial charge in [0.2, 0.25) is 5.88 Å². The third-order valence-electron chi connectivity index (χ3n) is 4.36. The van der Waals surface area contributed by atoms with Gasteiger partial charge in [-0.05, 0) is 23.3 Å². The third kappa shape index (κ3) is 3.40. The van der Waals surface area contributed by atoms with Crippen molar-refractivity contribution in [3.63, 3.8) is 0 Å². The summed E-state index contributed by atoms with van der Waals surface area (Å²) in [7, 11) is 1.62. The lowest BCUT2D eigenvalue weighted by molar-refractivity contribution is 0.398. The van der Waals surface area contributed by atoms with Crippen molar-refractivity contribution in [1.82, 2.24) is 9.97 Å². The lowest BCUT2D eigenvalue weighted by Gasteiger charge is -2.20. The number of rotatable bonds is 6. The van der Waals surface area contributed by atoms with Gasteiger partial charge in [-0.15, -0.1) is 0 Å². The van der Waals surface area contributed by atoms with Crippen molar-refractivity contribution in [2.24, 2.45) is 0 Å². The average Bonchev–Trinajstić information content (AvgIpc) is 3.11. The van der Waals surface area contributed by atoms with Crippen molar-refractivity contribution in [3.05, 3.63) is 96.5 Å². The van der Waals surface area contributed by atoms with Crippen LogP contribution in [0, 0.1) is 6.42 Å². The molecule has 4 rings (SSSR count). The van der Waals surface area contributed by atoms with Gasteiger partial charge >= 0.3 is 0 Å². The van der Waals surface area contributed by atoms with E-state index in [0.29, 0.717) is 5.88 Å². The molecule has 0 aliphatic carbocycles. The number of H-pyrrole nitrogens is 1. The van der Waals surface area contributed by atoms with Gasteiger partial charge in [-0.25, -0.2) is 0 Å². The van der Waals surface area contributed by atoms with E-state index in [0.717, 1.165) is 16.9 Å². The van der Waals surface area contributed by atoms with E-state index < -0.39 is 0 Å². The first-order valence-electron chi connectivity index (χ1n) is 8.57. The zero-order valence-corrected chi connectivity index (χ0v) is 14.5. The largest absolute Gasteiger partial charge is 0.481 e. The van der Waals surface area contributed by atoms with Crippen LogP contribution in [0.25, 0.3) is 10.9 Å². The van der Waals surface area contributed by atoms with E-state index in [1.54, 1.807) is 7.11 Å². The summed E-state index contributed by atoms with van der Waals surface area (Å²) >= 11 is 0. The maximum Gasteiger partial charge on any atom is 0.214 e. The molecule has 1 radical (unpaired) electrons. The van der Waals surface area contributed by atoms with Crippen molar-refractivity contribution >= 4 is 16.7 Å². The molecule has 0 aliphatic heterocycles. The first-order valence-corrected chi connectivity index (χ1v) is 8.57. The number of aromatic nitrogens is 2. The van der Waals surface area contributed by atoms with E-state index in [-0.39, 0.29) is 6.04 Å². The van der Waals surface area contributed by atoms with Crippen LogP contribution < -0.4 is 10.1 Å². The Morgan fingerprint density at radius 2 is 1.77 bits per heavy atom. The highest BCUT2D eigenvalue weighted by Crippen LogP contribution is 2.29. The van der Waals surface area contributed by atoms with Gasteiger partial charge in [0.1, 0.15) is 5.82 Å². The molecule has 26 heavy (non-hydrogen) atoms. The van der Waals surface area contributed by atoms with Gasteiger partial charge in [-0.3, -0.25) is 0 Å². The highest BCUT2D eigenvalue weighted by Gasteiger charge is 2.16. The zero-order chi connectivity index (χ0) is 17.8. The number of nitrogens with one attached hydrogen (secondary N) is 2. The molecule has 2 heterocycles. The molecule has 4 aromatic rings. The molecule has 1 unspecified atom stereocenters. The fraction of sp³-hybridized carbons (Fsp3) is 0.0909. The molecule has 1 atom stereocenters. The number of para-hydroxylation sites is 1. The minimum Gasteiger partial charge on any atom is -0.481 e. The van der Waals surface area contributed by atoms with Crippen LogP contribution in [0.2, 0.25) is 0 Å². The van der Waals surface area contributed by atoms with Crippen molar-refractivity contribution in [1.29, 1.82) is 0 Å². The number of methoxy groups -OCH3 is 1. The Labute approximate surface area is 152 Å². The van der Waals surface area contributed by atoms with Crippen LogP contribution in [-0.2, 0) is 0 Å². The van der Waals surface area contributed by atoms with Crippen LogP contribution in [-0.4, -0.2) is 17.1 Å². The smallest absolute Gasteiger partial charge is 0.214 e. The molecular formula is C22H20N3O. The second-order valence-corrected chi connectivity index (χ2v) is 6.05. The Bertz CT molecular complexity index is 994. The molecule has 2 aromatic carbocycles. The van der Waals surface area contributed by atoms with Crippen LogP contribution in [0.1, 0.15) is 17.2 Å². The molecule has 0 spiro atoms. The Balaban J connectivity index is 1.67. The van der Waals surface area contributed by atoms with Crippen molar-refractivity contribution < 1.29 is 4.74 Å². The SMILES string of the molecule is COc1cccc(NC([CH]c2c[nH]c3ccccc23)c2ccccc2)n1. The van der Waals surface area contributed by atoms with Crippen LogP contribution in [0.15, 0.2) is 79.0 Å². The first kappa shape index (κ1) is 16.2. The number of hydrogen-bond acceptors (Lipinski definition) is 3. The molecule has 129 valence electrons. The van der Waals surface area contributed by atoms with Gasteiger partial charge in [-0.2, -0.15) is 4.98 Å². The van der Waals surface area contributed by atoms with Crippen LogP contribution in [0.5, 0.6) is 5.88 Å². The number of ether oxygens (including phenoxy) is 1. The number of fused-ring (bicyclic) bond motifs is 1. The maximum absolute atomic E-state index is 5.24. The minimum absolute atomic E-state index is 0.0185. The van der Waals surface area contributed by atoms with Gasteiger partial charge in [0.15, 0.2) is 0 Å². The molecule has 4 nitrogen and oxygen atoms in total. The number of hydrogen-bond donors (Lipinski definition) is 2. The van der Waals surface area contributed by atoms with Crippen molar-refractivity contribution in [3.8, 4) is 5.88 Å². The number of benzene rings is 2. The molecular weight excluding hydrogens is 322 g/mol. The quantitative estimate of drug-likeness (QED) is 0.520. The molecule has 0 fully saturated rings.